The third kappa shape index (κ3) is 2.71. The fraction of sp³-hybridized carbons (Fsp3) is 0.667. The summed E-state index contributed by atoms with van der Waals surface area (Å²) in [6.07, 6.45) is 6.97. The van der Waals surface area contributed by atoms with Gasteiger partial charge in [-0.2, -0.15) is 0 Å². The molecular formula is C18H27NO. The fourth-order valence-electron chi connectivity index (χ4n) is 4.15. The third-order valence-corrected chi connectivity index (χ3v) is 5.17. The first kappa shape index (κ1) is 13.9. The minimum Gasteiger partial charge on any atom is -0.497 e. The number of hydrogen-bond acceptors (Lipinski definition) is 2. The van der Waals surface area contributed by atoms with Gasteiger partial charge < -0.3 is 10.1 Å². The summed E-state index contributed by atoms with van der Waals surface area (Å²) in [5.74, 6) is 3.79. The van der Waals surface area contributed by atoms with E-state index >= 15 is 0 Å². The first-order valence-electron chi connectivity index (χ1n) is 8.22. The van der Waals surface area contributed by atoms with Crippen LogP contribution in [-0.4, -0.2) is 13.7 Å². The lowest BCUT2D eigenvalue weighted by Crippen LogP contribution is -2.25. The molecule has 0 saturated heterocycles. The Morgan fingerprint density at radius 2 is 2.00 bits per heavy atom. The average Bonchev–Trinajstić information content (AvgIpc) is 3.22. The maximum absolute atomic E-state index is 5.40. The van der Waals surface area contributed by atoms with E-state index in [1.165, 1.54) is 37.7 Å². The van der Waals surface area contributed by atoms with E-state index in [4.69, 9.17) is 4.74 Å². The lowest BCUT2D eigenvalue weighted by Gasteiger charge is -2.20. The van der Waals surface area contributed by atoms with E-state index in [2.05, 4.69) is 30.4 Å². The van der Waals surface area contributed by atoms with Gasteiger partial charge >= 0.3 is 0 Å². The highest BCUT2D eigenvalue weighted by atomic mass is 16.5. The monoisotopic (exact) mass is 273 g/mol. The van der Waals surface area contributed by atoms with Gasteiger partial charge in [0.25, 0.3) is 0 Å². The third-order valence-electron chi connectivity index (χ3n) is 5.17. The van der Waals surface area contributed by atoms with Crippen molar-refractivity contribution in [2.45, 2.75) is 45.1 Å². The highest BCUT2D eigenvalue weighted by Gasteiger charge is 2.54. The Bertz CT molecular complexity index is 433. The lowest BCUT2D eigenvalue weighted by molar-refractivity contribution is 0.409. The van der Waals surface area contributed by atoms with Crippen molar-refractivity contribution in [1.82, 2.24) is 5.32 Å². The Morgan fingerprint density at radius 1 is 1.25 bits per heavy atom. The molecule has 0 aliphatic heterocycles. The van der Waals surface area contributed by atoms with Crippen LogP contribution in [0.2, 0.25) is 0 Å². The molecule has 0 bridgehead atoms. The molecule has 1 aromatic carbocycles. The van der Waals surface area contributed by atoms with E-state index in [1.807, 2.05) is 6.07 Å². The molecule has 0 aromatic heterocycles. The van der Waals surface area contributed by atoms with Gasteiger partial charge in [-0.1, -0.05) is 31.9 Å². The van der Waals surface area contributed by atoms with Crippen molar-refractivity contribution in [2.75, 3.05) is 13.7 Å². The highest BCUT2D eigenvalue weighted by molar-refractivity contribution is 5.32. The first-order chi connectivity index (χ1) is 9.85. The molecule has 2 aliphatic rings. The summed E-state index contributed by atoms with van der Waals surface area (Å²) in [7, 11) is 1.75. The maximum atomic E-state index is 5.40. The number of hydrogen-bond donors (Lipinski definition) is 1. The molecule has 3 rings (SSSR count). The summed E-state index contributed by atoms with van der Waals surface area (Å²) >= 11 is 0. The molecule has 1 aromatic rings. The molecule has 0 amide bonds. The highest BCUT2D eigenvalue weighted by Crippen LogP contribution is 2.60. The Balaban J connectivity index is 1.78. The van der Waals surface area contributed by atoms with Crippen LogP contribution in [0.25, 0.3) is 0 Å². The van der Waals surface area contributed by atoms with Gasteiger partial charge in [-0.15, -0.1) is 0 Å². The molecular weight excluding hydrogens is 246 g/mol. The first-order valence-corrected chi connectivity index (χ1v) is 8.22. The summed E-state index contributed by atoms with van der Waals surface area (Å²) in [6.45, 7) is 3.35. The largest absolute Gasteiger partial charge is 0.497 e. The van der Waals surface area contributed by atoms with Crippen molar-refractivity contribution in [3.05, 3.63) is 29.8 Å². The predicted octanol–water partition coefficient (Wildman–Crippen LogP) is 4.17. The number of rotatable bonds is 6. The SMILES string of the molecule is CCCNC(c1cccc(OC)c1)C1C2CCCCC21. The van der Waals surface area contributed by atoms with E-state index in [-0.39, 0.29) is 0 Å². The van der Waals surface area contributed by atoms with Gasteiger partial charge in [-0.3, -0.25) is 0 Å². The standard InChI is InChI=1S/C18H27NO/c1-3-11-19-18(13-7-6-8-14(12-13)20-2)17-15-9-4-5-10-16(15)17/h6-8,12,15-19H,3-5,9-11H2,1-2H3. The summed E-state index contributed by atoms with van der Waals surface area (Å²) < 4.78 is 5.40. The Morgan fingerprint density at radius 3 is 2.65 bits per heavy atom. The topological polar surface area (TPSA) is 21.3 Å². The second-order valence-corrected chi connectivity index (χ2v) is 6.40. The summed E-state index contributed by atoms with van der Waals surface area (Å²) in [5, 5.41) is 3.80. The molecule has 3 unspecified atom stereocenters. The minimum absolute atomic E-state index is 0.526. The normalized spacial score (nSPS) is 29.6. The lowest BCUT2D eigenvalue weighted by atomic mass is 9.99. The molecule has 0 heterocycles. The van der Waals surface area contributed by atoms with Gasteiger partial charge in [0.2, 0.25) is 0 Å². The van der Waals surface area contributed by atoms with E-state index in [0.29, 0.717) is 6.04 Å². The van der Waals surface area contributed by atoms with E-state index in [0.717, 1.165) is 30.0 Å². The van der Waals surface area contributed by atoms with Gasteiger partial charge in [0.05, 0.1) is 7.11 Å². The molecule has 2 aliphatic carbocycles. The molecule has 0 radical (unpaired) electrons. The van der Waals surface area contributed by atoms with Crippen LogP contribution in [0, 0.1) is 17.8 Å². The van der Waals surface area contributed by atoms with Crippen LogP contribution >= 0.6 is 0 Å². The molecule has 2 saturated carbocycles. The molecule has 2 fully saturated rings. The van der Waals surface area contributed by atoms with Gasteiger partial charge in [0, 0.05) is 6.04 Å². The molecule has 1 N–H and O–H groups in total. The van der Waals surface area contributed by atoms with Crippen molar-refractivity contribution in [3.63, 3.8) is 0 Å². The number of methoxy groups -OCH3 is 1. The fourth-order valence-corrected chi connectivity index (χ4v) is 4.15. The zero-order valence-electron chi connectivity index (χ0n) is 12.8. The molecule has 2 nitrogen and oxygen atoms in total. The Hall–Kier alpha value is -1.02. The summed E-state index contributed by atoms with van der Waals surface area (Å²) in [4.78, 5) is 0. The predicted molar refractivity (Wildman–Crippen MR) is 83.0 cm³/mol. The summed E-state index contributed by atoms with van der Waals surface area (Å²) in [6, 6.07) is 9.18. The number of nitrogens with one attached hydrogen (secondary N) is 1. The van der Waals surface area contributed by atoms with E-state index in [1.54, 1.807) is 7.11 Å². The van der Waals surface area contributed by atoms with Crippen LogP contribution in [-0.2, 0) is 0 Å². The van der Waals surface area contributed by atoms with E-state index in [9.17, 15) is 0 Å². The molecule has 2 heteroatoms. The van der Waals surface area contributed by atoms with Crippen molar-refractivity contribution in [1.29, 1.82) is 0 Å². The van der Waals surface area contributed by atoms with Crippen molar-refractivity contribution >= 4 is 0 Å². The number of fused-ring (bicyclic) bond motifs is 1. The van der Waals surface area contributed by atoms with Crippen LogP contribution < -0.4 is 10.1 Å². The van der Waals surface area contributed by atoms with Crippen LogP contribution in [0.5, 0.6) is 5.75 Å². The second-order valence-electron chi connectivity index (χ2n) is 6.40. The van der Waals surface area contributed by atoms with E-state index < -0.39 is 0 Å². The summed E-state index contributed by atoms with van der Waals surface area (Å²) in [5.41, 5.74) is 1.41. The van der Waals surface area contributed by atoms with Gasteiger partial charge in [0.15, 0.2) is 0 Å². The van der Waals surface area contributed by atoms with Crippen molar-refractivity contribution < 1.29 is 4.74 Å². The number of ether oxygens (including phenoxy) is 1. The van der Waals surface area contributed by atoms with Crippen LogP contribution in [0.1, 0.15) is 50.6 Å². The zero-order chi connectivity index (χ0) is 13.9. The Kier molecular flexibility index (Phi) is 4.30. The molecule has 110 valence electrons. The quantitative estimate of drug-likeness (QED) is 0.840. The molecule has 3 atom stereocenters. The van der Waals surface area contributed by atoms with Crippen LogP contribution in [0.3, 0.4) is 0 Å². The Labute approximate surface area is 122 Å². The number of benzene rings is 1. The van der Waals surface area contributed by atoms with Crippen LogP contribution in [0.15, 0.2) is 24.3 Å². The second kappa shape index (κ2) is 6.17. The average molecular weight is 273 g/mol. The maximum Gasteiger partial charge on any atom is 0.119 e. The van der Waals surface area contributed by atoms with Crippen LogP contribution in [0.4, 0.5) is 0 Å². The molecule has 0 spiro atoms. The van der Waals surface area contributed by atoms with Gasteiger partial charge in [-0.05, 0) is 61.3 Å². The van der Waals surface area contributed by atoms with Gasteiger partial charge in [0.1, 0.15) is 5.75 Å². The zero-order valence-corrected chi connectivity index (χ0v) is 12.8. The molecule has 20 heavy (non-hydrogen) atoms. The van der Waals surface area contributed by atoms with Gasteiger partial charge in [-0.25, -0.2) is 0 Å². The smallest absolute Gasteiger partial charge is 0.119 e. The van der Waals surface area contributed by atoms with Crippen molar-refractivity contribution in [2.24, 2.45) is 17.8 Å². The van der Waals surface area contributed by atoms with Crippen molar-refractivity contribution in [3.8, 4) is 5.75 Å². The minimum atomic E-state index is 0.526.